The Balaban J connectivity index is 2.23. The summed E-state index contributed by atoms with van der Waals surface area (Å²) in [5, 5.41) is 12.4. The lowest BCUT2D eigenvalue weighted by Gasteiger charge is -2.12. The van der Waals surface area contributed by atoms with Crippen LogP contribution in [0.1, 0.15) is 28.5 Å². The number of anilines is 1. The number of benzene rings is 1. The molecular weight excluding hydrogens is 320 g/mol. The van der Waals surface area contributed by atoms with E-state index in [0.29, 0.717) is 16.7 Å². The van der Waals surface area contributed by atoms with E-state index in [4.69, 9.17) is 0 Å². The normalized spacial score (nSPS) is 10.3. The third-order valence-electron chi connectivity index (χ3n) is 3.04. The molecule has 0 aliphatic carbocycles. The number of rotatable bonds is 5. The molecule has 0 saturated heterocycles. The molecule has 0 aliphatic heterocycles. The van der Waals surface area contributed by atoms with Gasteiger partial charge in [0, 0.05) is 10.7 Å². The van der Waals surface area contributed by atoms with Gasteiger partial charge in [0.15, 0.2) is 0 Å². The summed E-state index contributed by atoms with van der Waals surface area (Å²) >= 11 is 3.27. The van der Waals surface area contributed by atoms with Crippen LogP contribution in [-0.4, -0.2) is 16.1 Å². The molecule has 1 aromatic carbocycles. The maximum Gasteiger partial charge on any atom is 0.338 e. The zero-order valence-electron chi connectivity index (χ0n) is 11.1. The molecule has 104 valence electrons. The van der Waals surface area contributed by atoms with Crippen molar-refractivity contribution >= 4 is 27.6 Å². The number of hydrogen-bond acceptors (Lipinski definition) is 3. The van der Waals surface area contributed by atoms with E-state index in [2.05, 4.69) is 33.2 Å². The Morgan fingerprint density at radius 3 is 2.85 bits per heavy atom. The molecule has 2 rings (SSSR count). The summed E-state index contributed by atoms with van der Waals surface area (Å²) in [4.78, 5) is 15.6. The molecule has 1 aromatic heterocycles. The predicted octanol–water partition coefficient (Wildman–Crippen LogP) is 3.72. The van der Waals surface area contributed by atoms with Gasteiger partial charge in [-0.05, 0) is 46.1 Å². The number of carbonyl (C=O) groups is 1. The maximum absolute atomic E-state index is 11.3. The van der Waals surface area contributed by atoms with Crippen molar-refractivity contribution in [2.45, 2.75) is 19.9 Å². The van der Waals surface area contributed by atoms with Crippen LogP contribution in [0.5, 0.6) is 0 Å². The number of aromatic carboxylic acids is 1. The second-order valence-corrected chi connectivity index (χ2v) is 5.14. The molecule has 20 heavy (non-hydrogen) atoms. The van der Waals surface area contributed by atoms with Crippen LogP contribution in [0.15, 0.2) is 41.0 Å². The lowest BCUT2D eigenvalue weighted by molar-refractivity contribution is 0.0697. The number of carboxylic acids is 1. The molecule has 2 N–H and O–H groups in total. The van der Waals surface area contributed by atoms with Crippen LogP contribution in [0.25, 0.3) is 0 Å². The molecule has 0 saturated carbocycles. The Labute approximate surface area is 126 Å². The summed E-state index contributed by atoms with van der Waals surface area (Å²) in [6.07, 6.45) is 2.64. The summed E-state index contributed by atoms with van der Waals surface area (Å²) in [6.45, 7) is 2.57. The van der Waals surface area contributed by atoms with Crippen LogP contribution in [0.3, 0.4) is 0 Å². The maximum atomic E-state index is 11.3. The topological polar surface area (TPSA) is 62.2 Å². The number of nitrogens with zero attached hydrogens (tertiary/aromatic N) is 1. The van der Waals surface area contributed by atoms with Crippen LogP contribution in [-0.2, 0) is 13.0 Å². The highest BCUT2D eigenvalue weighted by Crippen LogP contribution is 2.25. The number of pyridine rings is 1. The summed E-state index contributed by atoms with van der Waals surface area (Å²) in [6, 6.07) is 9.21. The lowest BCUT2D eigenvalue weighted by atomic mass is 10.1. The zero-order chi connectivity index (χ0) is 14.5. The van der Waals surface area contributed by atoms with Crippen LogP contribution < -0.4 is 5.32 Å². The van der Waals surface area contributed by atoms with Gasteiger partial charge in [0.1, 0.15) is 0 Å². The van der Waals surface area contributed by atoms with Gasteiger partial charge in [-0.2, -0.15) is 0 Å². The molecule has 5 heteroatoms. The van der Waals surface area contributed by atoms with Crippen molar-refractivity contribution in [1.29, 1.82) is 0 Å². The van der Waals surface area contributed by atoms with Gasteiger partial charge in [-0.1, -0.05) is 19.1 Å². The van der Waals surface area contributed by atoms with Gasteiger partial charge in [0.05, 0.1) is 23.5 Å². The van der Waals surface area contributed by atoms with Crippen LogP contribution in [0, 0.1) is 0 Å². The number of hydrogen-bond donors (Lipinski definition) is 2. The standard InChI is InChI=1S/C15H15BrN2O2/c1-2-10-5-4-8-17-13(10)9-18-12-7-3-6-11(16)14(12)15(19)20/h3-8,18H,2,9H2,1H3,(H,19,20). The van der Waals surface area contributed by atoms with Crippen molar-refractivity contribution in [3.05, 3.63) is 57.8 Å². The number of aryl methyl sites for hydroxylation is 1. The first-order chi connectivity index (χ1) is 9.63. The molecule has 0 amide bonds. The molecule has 4 nitrogen and oxygen atoms in total. The molecule has 0 fully saturated rings. The first kappa shape index (κ1) is 14.5. The highest BCUT2D eigenvalue weighted by atomic mass is 79.9. The van der Waals surface area contributed by atoms with Crippen molar-refractivity contribution in [3.8, 4) is 0 Å². The second kappa shape index (κ2) is 6.52. The van der Waals surface area contributed by atoms with Crippen LogP contribution >= 0.6 is 15.9 Å². The van der Waals surface area contributed by atoms with Crippen LogP contribution in [0.2, 0.25) is 0 Å². The van der Waals surface area contributed by atoms with Crippen molar-refractivity contribution < 1.29 is 9.90 Å². The summed E-state index contributed by atoms with van der Waals surface area (Å²) in [5.41, 5.74) is 2.92. The van der Waals surface area contributed by atoms with E-state index in [-0.39, 0.29) is 5.56 Å². The van der Waals surface area contributed by atoms with Gasteiger partial charge < -0.3 is 10.4 Å². The van der Waals surface area contributed by atoms with E-state index in [0.717, 1.165) is 17.7 Å². The molecule has 0 unspecified atom stereocenters. The first-order valence-corrected chi connectivity index (χ1v) is 7.11. The molecule has 0 bridgehead atoms. The fraction of sp³-hybridized carbons (Fsp3) is 0.200. The van der Waals surface area contributed by atoms with Gasteiger partial charge in [-0.15, -0.1) is 0 Å². The summed E-state index contributed by atoms with van der Waals surface area (Å²) < 4.78 is 0.562. The molecule has 2 aromatic rings. The molecule has 1 heterocycles. The van der Waals surface area contributed by atoms with Gasteiger partial charge in [-0.25, -0.2) is 4.79 Å². The molecule has 0 aliphatic rings. The van der Waals surface area contributed by atoms with E-state index < -0.39 is 5.97 Å². The third kappa shape index (κ3) is 3.17. The monoisotopic (exact) mass is 334 g/mol. The Morgan fingerprint density at radius 1 is 1.35 bits per heavy atom. The Bertz CT molecular complexity index is 629. The molecule has 0 radical (unpaired) electrons. The number of aromatic nitrogens is 1. The average molecular weight is 335 g/mol. The van der Waals surface area contributed by atoms with Gasteiger partial charge in [0.2, 0.25) is 0 Å². The molecule has 0 spiro atoms. The van der Waals surface area contributed by atoms with E-state index >= 15 is 0 Å². The van der Waals surface area contributed by atoms with Gasteiger partial charge in [0.25, 0.3) is 0 Å². The minimum Gasteiger partial charge on any atom is -0.478 e. The van der Waals surface area contributed by atoms with Crippen molar-refractivity contribution in [2.24, 2.45) is 0 Å². The van der Waals surface area contributed by atoms with E-state index in [1.807, 2.05) is 12.1 Å². The van der Waals surface area contributed by atoms with E-state index in [1.165, 1.54) is 0 Å². The van der Waals surface area contributed by atoms with E-state index in [9.17, 15) is 9.90 Å². The lowest BCUT2D eigenvalue weighted by Crippen LogP contribution is -2.09. The van der Waals surface area contributed by atoms with Gasteiger partial charge >= 0.3 is 5.97 Å². The number of halogens is 1. The minimum atomic E-state index is -0.961. The van der Waals surface area contributed by atoms with Crippen molar-refractivity contribution in [1.82, 2.24) is 4.98 Å². The fourth-order valence-electron chi connectivity index (χ4n) is 2.02. The fourth-order valence-corrected chi connectivity index (χ4v) is 2.56. The molecule has 0 atom stereocenters. The largest absolute Gasteiger partial charge is 0.478 e. The highest BCUT2D eigenvalue weighted by molar-refractivity contribution is 9.10. The van der Waals surface area contributed by atoms with Crippen molar-refractivity contribution in [2.75, 3.05) is 5.32 Å². The van der Waals surface area contributed by atoms with Crippen molar-refractivity contribution in [3.63, 3.8) is 0 Å². The van der Waals surface area contributed by atoms with Gasteiger partial charge in [-0.3, -0.25) is 4.98 Å². The summed E-state index contributed by atoms with van der Waals surface area (Å²) in [5.74, 6) is -0.961. The quantitative estimate of drug-likeness (QED) is 0.874. The Hall–Kier alpha value is -1.88. The van der Waals surface area contributed by atoms with Crippen LogP contribution in [0.4, 0.5) is 5.69 Å². The third-order valence-corrected chi connectivity index (χ3v) is 3.70. The second-order valence-electron chi connectivity index (χ2n) is 4.28. The van der Waals surface area contributed by atoms with E-state index in [1.54, 1.807) is 24.4 Å². The Morgan fingerprint density at radius 2 is 2.15 bits per heavy atom. The zero-order valence-corrected chi connectivity index (χ0v) is 12.6. The molecular formula is C15H15BrN2O2. The SMILES string of the molecule is CCc1cccnc1CNc1cccc(Br)c1C(=O)O. The first-order valence-electron chi connectivity index (χ1n) is 6.32. The average Bonchev–Trinajstić information content (AvgIpc) is 2.45. The minimum absolute atomic E-state index is 0.237. The Kier molecular flexibility index (Phi) is 4.74. The number of nitrogens with one attached hydrogen (secondary N) is 1. The smallest absolute Gasteiger partial charge is 0.338 e. The predicted molar refractivity (Wildman–Crippen MR) is 82.0 cm³/mol. The highest BCUT2D eigenvalue weighted by Gasteiger charge is 2.14. The summed E-state index contributed by atoms with van der Waals surface area (Å²) in [7, 11) is 0. The number of carboxylic acid groups (broad SMARTS) is 1.